The second-order valence-electron chi connectivity index (χ2n) is 6.72. The average molecular weight is 337 g/mol. The molecule has 2 atom stereocenters. The fourth-order valence-corrected chi connectivity index (χ4v) is 5.15. The van der Waals surface area contributed by atoms with Crippen LogP contribution in [-0.2, 0) is 11.2 Å². The lowest BCUT2D eigenvalue weighted by Crippen LogP contribution is -2.64. The zero-order chi connectivity index (χ0) is 16.4. The van der Waals surface area contributed by atoms with Gasteiger partial charge in [-0.05, 0) is 32.7 Å². The van der Waals surface area contributed by atoms with E-state index in [2.05, 4.69) is 11.9 Å². The van der Waals surface area contributed by atoms with Crippen LogP contribution in [-0.4, -0.2) is 48.1 Å². The highest BCUT2D eigenvalue weighted by molar-refractivity contribution is 7.09. The maximum Gasteiger partial charge on any atom is 0.273 e. The summed E-state index contributed by atoms with van der Waals surface area (Å²) < 4.78 is 5.95. The predicted molar refractivity (Wildman–Crippen MR) is 91.7 cm³/mol. The van der Waals surface area contributed by atoms with Gasteiger partial charge in [0.25, 0.3) is 5.91 Å². The van der Waals surface area contributed by atoms with Crippen molar-refractivity contribution in [3.8, 4) is 0 Å². The van der Waals surface area contributed by atoms with Gasteiger partial charge in [0.2, 0.25) is 0 Å². The first-order valence-electron chi connectivity index (χ1n) is 8.65. The second kappa shape index (κ2) is 6.87. The van der Waals surface area contributed by atoms with E-state index >= 15 is 0 Å². The molecule has 2 aliphatic rings. The highest BCUT2D eigenvalue weighted by atomic mass is 32.1. The molecule has 1 heterocycles. The third kappa shape index (κ3) is 2.92. The largest absolute Gasteiger partial charge is 0.378 e. The minimum Gasteiger partial charge on any atom is -0.378 e. The molecular weight excluding hydrogens is 310 g/mol. The maximum absolute atomic E-state index is 12.8. The molecule has 0 saturated heterocycles. The van der Waals surface area contributed by atoms with Crippen LogP contribution in [0, 0.1) is 5.41 Å². The van der Waals surface area contributed by atoms with E-state index in [1.54, 1.807) is 0 Å². The molecule has 0 bridgehead atoms. The molecule has 1 aromatic rings. The van der Waals surface area contributed by atoms with E-state index in [9.17, 15) is 4.79 Å². The molecule has 2 fully saturated rings. The smallest absolute Gasteiger partial charge is 0.273 e. The van der Waals surface area contributed by atoms with Crippen molar-refractivity contribution in [2.24, 2.45) is 11.1 Å². The van der Waals surface area contributed by atoms with Gasteiger partial charge in [-0.3, -0.25) is 4.79 Å². The number of ether oxygens (including phenoxy) is 1. The number of nitrogens with two attached hydrogens (primary N) is 1. The minimum absolute atomic E-state index is 0.0377. The molecule has 2 unspecified atom stereocenters. The maximum atomic E-state index is 12.8. The standard InChI is InChI=1S/C17H27N3O2S/c1-3-22-14-10-13(17(14)7-4-5-8-17)20(2)16(21)12-11-23-15(19-12)6-9-18/h11,13-14H,3-10,18H2,1-2H3. The van der Waals surface area contributed by atoms with Crippen molar-refractivity contribution in [1.29, 1.82) is 0 Å². The number of thiazole rings is 1. The van der Waals surface area contributed by atoms with E-state index in [0.29, 0.717) is 18.3 Å². The number of hydrogen-bond donors (Lipinski definition) is 1. The fourth-order valence-electron chi connectivity index (χ4n) is 4.36. The van der Waals surface area contributed by atoms with Crippen LogP contribution in [0.15, 0.2) is 5.38 Å². The van der Waals surface area contributed by atoms with Crippen molar-refractivity contribution in [3.05, 3.63) is 16.1 Å². The van der Waals surface area contributed by atoms with Crippen LogP contribution < -0.4 is 5.73 Å². The molecule has 1 spiro atoms. The van der Waals surface area contributed by atoms with Gasteiger partial charge in [0.05, 0.1) is 11.1 Å². The van der Waals surface area contributed by atoms with E-state index in [0.717, 1.165) is 24.5 Å². The number of carbonyl (C=O) groups is 1. The minimum atomic E-state index is 0.0377. The van der Waals surface area contributed by atoms with E-state index < -0.39 is 0 Å². The van der Waals surface area contributed by atoms with Crippen molar-refractivity contribution in [2.75, 3.05) is 20.2 Å². The summed E-state index contributed by atoms with van der Waals surface area (Å²) in [5.41, 5.74) is 6.31. The fraction of sp³-hybridized carbons (Fsp3) is 0.765. The highest BCUT2D eigenvalue weighted by Gasteiger charge is 2.58. The molecule has 2 aliphatic carbocycles. The van der Waals surface area contributed by atoms with Gasteiger partial charge in [-0.2, -0.15) is 0 Å². The van der Waals surface area contributed by atoms with Crippen LogP contribution >= 0.6 is 11.3 Å². The SMILES string of the molecule is CCOC1CC(N(C)C(=O)c2csc(CCN)n2)C12CCCC2. The Morgan fingerprint density at radius 3 is 2.91 bits per heavy atom. The molecule has 6 heteroatoms. The summed E-state index contributed by atoms with van der Waals surface area (Å²) >= 11 is 1.53. The van der Waals surface area contributed by atoms with Gasteiger partial charge < -0.3 is 15.4 Å². The average Bonchev–Trinajstić information content (AvgIpc) is 3.20. The van der Waals surface area contributed by atoms with E-state index in [1.807, 2.05) is 17.3 Å². The number of hydrogen-bond acceptors (Lipinski definition) is 5. The Bertz CT molecular complexity index is 554. The first kappa shape index (κ1) is 16.9. The van der Waals surface area contributed by atoms with Crippen LogP contribution in [0.4, 0.5) is 0 Å². The Morgan fingerprint density at radius 1 is 1.52 bits per heavy atom. The molecule has 128 valence electrons. The molecule has 3 rings (SSSR count). The van der Waals surface area contributed by atoms with E-state index in [1.165, 1.54) is 37.0 Å². The van der Waals surface area contributed by atoms with Gasteiger partial charge in [-0.25, -0.2) is 4.98 Å². The van der Waals surface area contributed by atoms with Gasteiger partial charge in [-0.1, -0.05) is 12.8 Å². The number of carbonyl (C=O) groups excluding carboxylic acids is 1. The first-order chi connectivity index (χ1) is 11.1. The normalized spacial score (nSPS) is 25.5. The molecule has 1 amide bonds. The molecule has 0 aliphatic heterocycles. The van der Waals surface area contributed by atoms with Crippen LogP contribution in [0.25, 0.3) is 0 Å². The quantitative estimate of drug-likeness (QED) is 0.866. The zero-order valence-electron chi connectivity index (χ0n) is 14.1. The molecule has 23 heavy (non-hydrogen) atoms. The van der Waals surface area contributed by atoms with Crippen molar-refractivity contribution < 1.29 is 9.53 Å². The summed E-state index contributed by atoms with van der Waals surface area (Å²) in [5, 5.41) is 2.81. The number of rotatable bonds is 6. The van der Waals surface area contributed by atoms with E-state index in [4.69, 9.17) is 10.5 Å². The number of amides is 1. The summed E-state index contributed by atoms with van der Waals surface area (Å²) in [4.78, 5) is 19.2. The summed E-state index contributed by atoms with van der Waals surface area (Å²) in [5.74, 6) is 0.0377. The monoisotopic (exact) mass is 337 g/mol. The summed E-state index contributed by atoms with van der Waals surface area (Å²) in [6.45, 7) is 3.38. The van der Waals surface area contributed by atoms with Gasteiger partial charge in [0.15, 0.2) is 0 Å². The Morgan fingerprint density at radius 2 is 2.26 bits per heavy atom. The molecular formula is C17H27N3O2S. The molecule has 2 N–H and O–H groups in total. The van der Waals surface area contributed by atoms with Gasteiger partial charge in [0, 0.05) is 36.9 Å². The number of aromatic nitrogens is 1. The van der Waals surface area contributed by atoms with Crippen molar-refractivity contribution in [1.82, 2.24) is 9.88 Å². The lowest BCUT2D eigenvalue weighted by molar-refractivity contribution is -0.152. The Balaban J connectivity index is 1.71. The van der Waals surface area contributed by atoms with Crippen molar-refractivity contribution >= 4 is 17.2 Å². The Hall–Kier alpha value is -0.980. The summed E-state index contributed by atoms with van der Waals surface area (Å²) in [7, 11) is 1.93. The van der Waals surface area contributed by atoms with Crippen LogP contribution in [0.1, 0.15) is 54.5 Å². The predicted octanol–water partition coefficient (Wildman–Crippen LogP) is 2.45. The Kier molecular flexibility index (Phi) is 5.04. The summed E-state index contributed by atoms with van der Waals surface area (Å²) in [6, 6.07) is 0.286. The Labute approximate surface area is 142 Å². The third-order valence-corrected chi connectivity index (χ3v) is 6.47. The van der Waals surface area contributed by atoms with Gasteiger partial charge in [0.1, 0.15) is 5.69 Å². The van der Waals surface area contributed by atoms with E-state index in [-0.39, 0.29) is 17.4 Å². The third-order valence-electron chi connectivity index (χ3n) is 5.56. The summed E-state index contributed by atoms with van der Waals surface area (Å²) in [6.07, 6.45) is 6.86. The van der Waals surface area contributed by atoms with Gasteiger partial charge in [-0.15, -0.1) is 11.3 Å². The molecule has 0 aromatic carbocycles. The van der Waals surface area contributed by atoms with Gasteiger partial charge >= 0.3 is 0 Å². The molecule has 5 nitrogen and oxygen atoms in total. The second-order valence-corrected chi connectivity index (χ2v) is 7.66. The molecule has 2 saturated carbocycles. The topological polar surface area (TPSA) is 68.5 Å². The highest BCUT2D eigenvalue weighted by Crippen LogP contribution is 2.56. The van der Waals surface area contributed by atoms with Crippen LogP contribution in [0.3, 0.4) is 0 Å². The van der Waals surface area contributed by atoms with Crippen LogP contribution in [0.5, 0.6) is 0 Å². The van der Waals surface area contributed by atoms with Crippen LogP contribution in [0.2, 0.25) is 0 Å². The first-order valence-corrected chi connectivity index (χ1v) is 9.53. The lowest BCUT2D eigenvalue weighted by atomic mass is 9.60. The molecule has 1 aromatic heterocycles. The molecule has 0 radical (unpaired) electrons. The van der Waals surface area contributed by atoms with Crippen molar-refractivity contribution in [2.45, 2.75) is 57.6 Å². The number of nitrogens with zero attached hydrogens (tertiary/aromatic N) is 2. The lowest BCUT2D eigenvalue weighted by Gasteiger charge is -2.56. The zero-order valence-corrected chi connectivity index (χ0v) is 14.9. The van der Waals surface area contributed by atoms with Crippen molar-refractivity contribution in [3.63, 3.8) is 0 Å².